The molecule has 1 fully saturated rings. The molecular formula is C27H28N2O3. The van der Waals surface area contributed by atoms with Gasteiger partial charge in [0.05, 0.1) is 26.2 Å². The summed E-state index contributed by atoms with van der Waals surface area (Å²) in [4.78, 5) is 29.6. The van der Waals surface area contributed by atoms with Crippen molar-refractivity contribution >= 4 is 17.5 Å². The molecule has 3 aromatic carbocycles. The van der Waals surface area contributed by atoms with E-state index in [-0.39, 0.29) is 11.8 Å². The largest absolute Gasteiger partial charge is 0.378 e. The number of hydrogen-bond acceptors (Lipinski definition) is 3. The van der Waals surface area contributed by atoms with Crippen molar-refractivity contribution in [2.45, 2.75) is 19.9 Å². The molecule has 0 aromatic heterocycles. The van der Waals surface area contributed by atoms with Crippen LogP contribution in [0.3, 0.4) is 0 Å². The SMILES string of the molecule is Cc1cccc(CN(C(=O)c2ccccc2)c2ccc(CC(=O)N3CCOCC3)cc2)c1. The lowest BCUT2D eigenvalue weighted by Gasteiger charge is -2.27. The standard InChI is InChI=1S/C27H28N2O3/c1-21-6-5-7-23(18-21)20-29(27(31)24-8-3-2-4-9-24)25-12-10-22(11-13-25)19-26(30)28-14-16-32-17-15-28/h2-13,18H,14-17,19-20H2,1H3. The summed E-state index contributed by atoms with van der Waals surface area (Å²) in [7, 11) is 0. The van der Waals surface area contributed by atoms with E-state index in [1.807, 2.05) is 84.6 Å². The summed E-state index contributed by atoms with van der Waals surface area (Å²) < 4.78 is 5.33. The van der Waals surface area contributed by atoms with Gasteiger partial charge in [-0.15, -0.1) is 0 Å². The van der Waals surface area contributed by atoms with E-state index in [1.165, 1.54) is 0 Å². The fraction of sp³-hybridized carbons (Fsp3) is 0.259. The third kappa shape index (κ3) is 5.42. The van der Waals surface area contributed by atoms with E-state index in [1.54, 1.807) is 4.90 Å². The number of aryl methyl sites for hydroxylation is 1. The third-order valence-electron chi connectivity index (χ3n) is 5.66. The highest BCUT2D eigenvalue weighted by Gasteiger charge is 2.20. The zero-order valence-corrected chi connectivity index (χ0v) is 18.4. The molecule has 4 rings (SSSR count). The second-order valence-corrected chi connectivity index (χ2v) is 8.08. The smallest absolute Gasteiger partial charge is 0.258 e. The molecule has 0 spiro atoms. The van der Waals surface area contributed by atoms with Crippen molar-refractivity contribution in [1.29, 1.82) is 0 Å². The van der Waals surface area contributed by atoms with Crippen molar-refractivity contribution in [3.8, 4) is 0 Å². The van der Waals surface area contributed by atoms with Gasteiger partial charge in [-0.3, -0.25) is 9.59 Å². The van der Waals surface area contributed by atoms with Crippen LogP contribution in [0.4, 0.5) is 5.69 Å². The first-order chi connectivity index (χ1) is 15.6. The minimum Gasteiger partial charge on any atom is -0.378 e. The maximum atomic E-state index is 13.4. The Hall–Kier alpha value is -3.44. The lowest BCUT2D eigenvalue weighted by atomic mass is 10.1. The molecule has 0 unspecified atom stereocenters. The van der Waals surface area contributed by atoms with Gasteiger partial charge in [0.1, 0.15) is 0 Å². The van der Waals surface area contributed by atoms with Gasteiger partial charge in [0.15, 0.2) is 0 Å². The minimum atomic E-state index is -0.0516. The van der Waals surface area contributed by atoms with Crippen LogP contribution < -0.4 is 4.90 Å². The number of anilines is 1. The van der Waals surface area contributed by atoms with Crippen molar-refractivity contribution in [3.05, 3.63) is 101 Å². The van der Waals surface area contributed by atoms with Gasteiger partial charge in [0, 0.05) is 24.3 Å². The van der Waals surface area contributed by atoms with Crippen LogP contribution in [0.1, 0.15) is 27.0 Å². The Balaban J connectivity index is 1.54. The monoisotopic (exact) mass is 428 g/mol. The van der Waals surface area contributed by atoms with Crippen molar-refractivity contribution in [2.75, 3.05) is 31.2 Å². The van der Waals surface area contributed by atoms with Gasteiger partial charge >= 0.3 is 0 Å². The molecule has 5 heteroatoms. The van der Waals surface area contributed by atoms with Gasteiger partial charge in [-0.05, 0) is 42.3 Å². The van der Waals surface area contributed by atoms with Crippen LogP contribution in [0, 0.1) is 6.92 Å². The first-order valence-corrected chi connectivity index (χ1v) is 11.0. The first-order valence-electron chi connectivity index (χ1n) is 11.0. The Labute approximate surface area is 189 Å². The van der Waals surface area contributed by atoms with Crippen molar-refractivity contribution in [3.63, 3.8) is 0 Å². The number of hydrogen-bond donors (Lipinski definition) is 0. The maximum Gasteiger partial charge on any atom is 0.258 e. The normalized spacial score (nSPS) is 13.6. The van der Waals surface area contributed by atoms with Crippen LogP contribution in [-0.4, -0.2) is 43.0 Å². The number of benzene rings is 3. The van der Waals surface area contributed by atoms with Gasteiger partial charge in [-0.25, -0.2) is 0 Å². The van der Waals surface area contributed by atoms with E-state index in [2.05, 4.69) is 6.07 Å². The maximum absolute atomic E-state index is 13.4. The van der Waals surface area contributed by atoms with Crippen LogP contribution in [0.5, 0.6) is 0 Å². The highest BCUT2D eigenvalue weighted by atomic mass is 16.5. The van der Waals surface area contributed by atoms with Crippen LogP contribution in [0.15, 0.2) is 78.9 Å². The first kappa shape index (κ1) is 21.8. The molecule has 0 bridgehead atoms. The molecule has 1 heterocycles. The molecule has 164 valence electrons. The summed E-state index contributed by atoms with van der Waals surface area (Å²) in [6.07, 6.45) is 0.352. The van der Waals surface area contributed by atoms with Gasteiger partial charge in [-0.2, -0.15) is 0 Å². The molecule has 32 heavy (non-hydrogen) atoms. The molecule has 0 atom stereocenters. The summed E-state index contributed by atoms with van der Waals surface area (Å²) in [5, 5.41) is 0. The average Bonchev–Trinajstić information content (AvgIpc) is 2.84. The van der Waals surface area contributed by atoms with E-state index in [4.69, 9.17) is 4.74 Å². The summed E-state index contributed by atoms with van der Waals surface area (Å²) in [5.41, 5.74) is 4.62. The van der Waals surface area contributed by atoms with Gasteiger partial charge in [0.25, 0.3) is 5.91 Å². The molecule has 5 nitrogen and oxygen atoms in total. The van der Waals surface area contributed by atoms with E-state index in [0.29, 0.717) is 44.8 Å². The van der Waals surface area contributed by atoms with Crippen LogP contribution in [-0.2, 0) is 22.5 Å². The predicted octanol–water partition coefficient (Wildman–Crippen LogP) is 4.24. The van der Waals surface area contributed by atoms with Gasteiger partial charge < -0.3 is 14.5 Å². The highest BCUT2D eigenvalue weighted by Crippen LogP contribution is 2.22. The van der Waals surface area contributed by atoms with E-state index < -0.39 is 0 Å². The third-order valence-corrected chi connectivity index (χ3v) is 5.66. The lowest BCUT2D eigenvalue weighted by molar-refractivity contribution is -0.134. The van der Waals surface area contributed by atoms with E-state index >= 15 is 0 Å². The van der Waals surface area contributed by atoms with Crippen LogP contribution in [0.25, 0.3) is 0 Å². The number of morpholine rings is 1. The molecule has 0 saturated carbocycles. The molecule has 0 N–H and O–H groups in total. The zero-order valence-electron chi connectivity index (χ0n) is 18.4. The number of carbonyl (C=O) groups excluding carboxylic acids is 2. The molecule has 0 radical (unpaired) electrons. The number of nitrogens with zero attached hydrogens (tertiary/aromatic N) is 2. The average molecular weight is 429 g/mol. The van der Waals surface area contributed by atoms with Crippen molar-refractivity contribution < 1.29 is 14.3 Å². The lowest BCUT2D eigenvalue weighted by Crippen LogP contribution is -2.41. The molecule has 3 aromatic rings. The quantitative estimate of drug-likeness (QED) is 0.590. The van der Waals surface area contributed by atoms with Crippen molar-refractivity contribution in [1.82, 2.24) is 4.90 Å². The molecule has 1 saturated heterocycles. The Morgan fingerprint density at radius 2 is 1.59 bits per heavy atom. The second kappa shape index (κ2) is 10.2. The topological polar surface area (TPSA) is 49.9 Å². The Morgan fingerprint density at radius 1 is 0.875 bits per heavy atom. The fourth-order valence-corrected chi connectivity index (χ4v) is 3.90. The van der Waals surface area contributed by atoms with Crippen LogP contribution in [0.2, 0.25) is 0 Å². The Bertz CT molecular complexity index is 1060. The second-order valence-electron chi connectivity index (χ2n) is 8.08. The van der Waals surface area contributed by atoms with E-state index in [0.717, 1.165) is 22.4 Å². The number of carbonyl (C=O) groups is 2. The van der Waals surface area contributed by atoms with Gasteiger partial charge in [-0.1, -0.05) is 60.2 Å². The highest BCUT2D eigenvalue weighted by molar-refractivity contribution is 6.06. The molecule has 0 aliphatic carbocycles. The zero-order chi connectivity index (χ0) is 22.3. The summed E-state index contributed by atoms with van der Waals surface area (Å²) in [6.45, 7) is 5.01. The van der Waals surface area contributed by atoms with Crippen molar-refractivity contribution in [2.24, 2.45) is 0 Å². The Morgan fingerprint density at radius 3 is 2.28 bits per heavy atom. The molecule has 1 aliphatic rings. The summed E-state index contributed by atoms with van der Waals surface area (Å²) in [6, 6.07) is 25.2. The summed E-state index contributed by atoms with van der Waals surface area (Å²) >= 11 is 0. The van der Waals surface area contributed by atoms with Gasteiger partial charge in [0.2, 0.25) is 5.91 Å². The Kier molecular flexibility index (Phi) is 6.97. The number of ether oxygens (including phenoxy) is 1. The number of rotatable bonds is 6. The molecule has 1 aliphatic heterocycles. The summed E-state index contributed by atoms with van der Waals surface area (Å²) in [5.74, 6) is 0.0577. The minimum absolute atomic E-state index is 0.0516. The predicted molar refractivity (Wildman–Crippen MR) is 126 cm³/mol. The van der Waals surface area contributed by atoms with Crippen LogP contribution >= 0.6 is 0 Å². The van der Waals surface area contributed by atoms with E-state index in [9.17, 15) is 9.59 Å². The fourth-order valence-electron chi connectivity index (χ4n) is 3.90. The number of amides is 2. The molecule has 2 amide bonds. The molecular weight excluding hydrogens is 400 g/mol.